The van der Waals surface area contributed by atoms with Crippen LogP contribution in [0.15, 0.2) is 53.4 Å². The number of nitrogens with one attached hydrogen (secondary N) is 1. The van der Waals surface area contributed by atoms with Gasteiger partial charge >= 0.3 is 0 Å². The predicted molar refractivity (Wildman–Crippen MR) is 103 cm³/mol. The van der Waals surface area contributed by atoms with Crippen molar-refractivity contribution in [2.45, 2.75) is 24.3 Å². The van der Waals surface area contributed by atoms with E-state index in [4.69, 9.17) is 4.74 Å². The summed E-state index contributed by atoms with van der Waals surface area (Å²) in [6, 6.07) is 12.9. The van der Waals surface area contributed by atoms with Crippen LogP contribution in [0.5, 0.6) is 0 Å². The molecule has 0 spiro atoms. The van der Waals surface area contributed by atoms with Crippen molar-refractivity contribution < 1.29 is 22.3 Å². The van der Waals surface area contributed by atoms with E-state index in [1.807, 2.05) is 0 Å². The van der Waals surface area contributed by atoms with Gasteiger partial charge in [-0.3, -0.25) is 4.79 Å². The van der Waals surface area contributed by atoms with Crippen molar-refractivity contribution >= 4 is 15.9 Å². The van der Waals surface area contributed by atoms with E-state index in [9.17, 15) is 17.6 Å². The lowest BCUT2D eigenvalue weighted by Gasteiger charge is -2.26. The largest absolute Gasteiger partial charge is 0.379 e. The molecule has 0 aromatic heterocycles. The molecule has 2 aromatic rings. The van der Waals surface area contributed by atoms with Crippen LogP contribution in [-0.4, -0.2) is 44.9 Å². The quantitative estimate of drug-likeness (QED) is 0.764. The molecule has 1 amide bonds. The summed E-state index contributed by atoms with van der Waals surface area (Å²) >= 11 is 0. The molecule has 3 rings (SSSR count). The Morgan fingerprint density at radius 3 is 2.43 bits per heavy atom. The molecule has 1 heterocycles. The van der Waals surface area contributed by atoms with E-state index in [0.29, 0.717) is 38.3 Å². The highest BCUT2D eigenvalue weighted by atomic mass is 32.2. The second-order valence-corrected chi connectivity index (χ2v) is 8.47. The Hall–Kier alpha value is -2.29. The standard InChI is InChI=1S/C20H23FN2O4S/c21-19-4-2-1-3-17(19)7-10-20(24)22-15-16-5-8-18(9-6-16)28(25,26)23-11-13-27-14-12-23/h1-6,8-9H,7,10-15H2,(H,22,24). The first-order chi connectivity index (χ1) is 13.5. The summed E-state index contributed by atoms with van der Waals surface area (Å²) in [6.07, 6.45) is 0.514. The van der Waals surface area contributed by atoms with Gasteiger partial charge in [0.25, 0.3) is 0 Å². The summed E-state index contributed by atoms with van der Waals surface area (Å²) < 4.78 is 45.3. The van der Waals surface area contributed by atoms with Crippen LogP contribution in [0.2, 0.25) is 0 Å². The van der Waals surface area contributed by atoms with Crippen LogP contribution in [0.4, 0.5) is 4.39 Å². The number of aryl methyl sites for hydroxylation is 1. The zero-order valence-electron chi connectivity index (χ0n) is 15.4. The van der Waals surface area contributed by atoms with Gasteiger partial charge in [-0.1, -0.05) is 30.3 Å². The number of nitrogens with zero attached hydrogens (tertiary/aromatic N) is 1. The summed E-state index contributed by atoms with van der Waals surface area (Å²) in [5.74, 6) is -0.499. The molecule has 1 fully saturated rings. The van der Waals surface area contributed by atoms with E-state index in [-0.39, 0.29) is 29.6 Å². The fraction of sp³-hybridized carbons (Fsp3) is 0.350. The van der Waals surface area contributed by atoms with E-state index in [1.165, 1.54) is 10.4 Å². The number of benzene rings is 2. The third kappa shape index (κ3) is 5.15. The average Bonchev–Trinajstić information content (AvgIpc) is 2.72. The van der Waals surface area contributed by atoms with Gasteiger partial charge in [0.2, 0.25) is 15.9 Å². The predicted octanol–water partition coefficient (Wildman–Crippen LogP) is 2.10. The Bertz CT molecular complexity index is 910. The molecule has 1 aliphatic rings. The molecule has 1 aliphatic heterocycles. The number of halogens is 1. The van der Waals surface area contributed by atoms with Gasteiger partial charge < -0.3 is 10.1 Å². The molecular weight excluding hydrogens is 383 g/mol. The van der Waals surface area contributed by atoms with Gasteiger partial charge in [0, 0.05) is 26.1 Å². The second kappa shape index (κ2) is 9.27. The van der Waals surface area contributed by atoms with Crippen molar-refractivity contribution in [1.29, 1.82) is 0 Å². The van der Waals surface area contributed by atoms with E-state index in [1.54, 1.807) is 42.5 Å². The fourth-order valence-corrected chi connectivity index (χ4v) is 4.36. The van der Waals surface area contributed by atoms with Crippen molar-refractivity contribution in [3.05, 3.63) is 65.5 Å². The third-order valence-electron chi connectivity index (χ3n) is 4.60. The molecule has 0 unspecified atom stereocenters. The van der Waals surface area contributed by atoms with Crippen molar-refractivity contribution in [1.82, 2.24) is 9.62 Å². The van der Waals surface area contributed by atoms with Crippen LogP contribution in [0.25, 0.3) is 0 Å². The van der Waals surface area contributed by atoms with Gasteiger partial charge in [0.05, 0.1) is 18.1 Å². The molecule has 28 heavy (non-hydrogen) atoms. The highest BCUT2D eigenvalue weighted by Crippen LogP contribution is 2.17. The molecule has 0 bridgehead atoms. The minimum atomic E-state index is -3.52. The minimum absolute atomic E-state index is 0.185. The second-order valence-electron chi connectivity index (χ2n) is 6.53. The zero-order chi connectivity index (χ0) is 20.0. The van der Waals surface area contributed by atoms with E-state index in [2.05, 4.69) is 5.32 Å². The van der Waals surface area contributed by atoms with Crippen LogP contribution in [0.1, 0.15) is 17.5 Å². The molecule has 150 valence electrons. The maximum Gasteiger partial charge on any atom is 0.243 e. The molecule has 0 saturated carbocycles. The van der Waals surface area contributed by atoms with Gasteiger partial charge in [-0.2, -0.15) is 4.31 Å². The number of rotatable bonds is 7. The lowest BCUT2D eigenvalue weighted by atomic mass is 10.1. The maximum absolute atomic E-state index is 13.6. The summed E-state index contributed by atoms with van der Waals surface area (Å²) in [4.78, 5) is 12.2. The lowest BCUT2D eigenvalue weighted by molar-refractivity contribution is -0.121. The number of sulfonamides is 1. The van der Waals surface area contributed by atoms with Crippen LogP contribution in [-0.2, 0) is 32.5 Å². The molecule has 0 aliphatic carbocycles. The Morgan fingerprint density at radius 1 is 1.07 bits per heavy atom. The van der Waals surface area contributed by atoms with Crippen LogP contribution < -0.4 is 5.32 Å². The third-order valence-corrected chi connectivity index (χ3v) is 6.51. The first kappa shape index (κ1) is 20.4. The van der Waals surface area contributed by atoms with Crippen LogP contribution in [0.3, 0.4) is 0 Å². The number of morpholine rings is 1. The van der Waals surface area contributed by atoms with E-state index >= 15 is 0 Å². The smallest absolute Gasteiger partial charge is 0.243 e. The van der Waals surface area contributed by atoms with Gasteiger partial charge in [-0.05, 0) is 35.7 Å². The summed E-state index contributed by atoms with van der Waals surface area (Å²) in [5.41, 5.74) is 1.30. The molecule has 2 aromatic carbocycles. The topological polar surface area (TPSA) is 75.7 Å². The summed E-state index contributed by atoms with van der Waals surface area (Å²) in [6.45, 7) is 1.78. The lowest BCUT2D eigenvalue weighted by Crippen LogP contribution is -2.40. The van der Waals surface area contributed by atoms with Gasteiger partial charge in [-0.25, -0.2) is 12.8 Å². The molecule has 0 atom stereocenters. The van der Waals surface area contributed by atoms with Crippen LogP contribution in [0, 0.1) is 5.82 Å². The minimum Gasteiger partial charge on any atom is -0.379 e. The molecule has 1 N–H and O–H groups in total. The molecule has 6 nitrogen and oxygen atoms in total. The molecule has 8 heteroatoms. The zero-order valence-corrected chi connectivity index (χ0v) is 16.3. The Labute approximate surface area is 164 Å². The number of hydrogen-bond acceptors (Lipinski definition) is 4. The van der Waals surface area contributed by atoms with Crippen molar-refractivity contribution in [2.75, 3.05) is 26.3 Å². The number of amides is 1. The van der Waals surface area contributed by atoms with Crippen molar-refractivity contribution in [2.24, 2.45) is 0 Å². The van der Waals surface area contributed by atoms with Crippen LogP contribution >= 0.6 is 0 Å². The van der Waals surface area contributed by atoms with Gasteiger partial charge in [0.15, 0.2) is 0 Å². The number of hydrogen-bond donors (Lipinski definition) is 1. The van der Waals surface area contributed by atoms with E-state index in [0.717, 1.165) is 5.56 Å². The highest BCUT2D eigenvalue weighted by molar-refractivity contribution is 7.89. The number of carbonyl (C=O) groups excluding carboxylic acids is 1. The fourth-order valence-electron chi connectivity index (χ4n) is 2.95. The number of carbonyl (C=O) groups is 1. The van der Waals surface area contributed by atoms with Crippen molar-refractivity contribution in [3.8, 4) is 0 Å². The SMILES string of the molecule is O=C(CCc1ccccc1F)NCc1ccc(S(=O)(=O)N2CCOCC2)cc1. The summed E-state index contributed by atoms with van der Waals surface area (Å²) in [7, 11) is -3.52. The summed E-state index contributed by atoms with van der Waals surface area (Å²) in [5, 5.41) is 2.77. The Morgan fingerprint density at radius 2 is 1.75 bits per heavy atom. The molecule has 1 saturated heterocycles. The van der Waals surface area contributed by atoms with Crippen molar-refractivity contribution in [3.63, 3.8) is 0 Å². The first-order valence-corrected chi connectivity index (χ1v) is 10.6. The van der Waals surface area contributed by atoms with E-state index < -0.39 is 10.0 Å². The van der Waals surface area contributed by atoms with Gasteiger partial charge in [0.1, 0.15) is 5.82 Å². The normalized spacial score (nSPS) is 15.3. The molecular formula is C20H23FN2O4S. The Kier molecular flexibility index (Phi) is 6.77. The van der Waals surface area contributed by atoms with Gasteiger partial charge in [-0.15, -0.1) is 0 Å². The highest BCUT2D eigenvalue weighted by Gasteiger charge is 2.26. The Balaban J connectivity index is 1.51. The first-order valence-electron chi connectivity index (χ1n) is 9.14. The number of ether oxygens (including phenoxy) is 1. The average molecular weight is 406 g/mol. The monoisotopic (exact) mass is 406 g/mol. The molecule has 0 radical (unpaired) electrons. The maximum atomic E-state index is 13.6.